The van der Waals surface area contributed by atoms with Crippen LogP contribution in [0.15, 0.2) is 29.0 Å². The van der Waals surface area contributed by atoms with Gasteiger partial charge in [-0.3, -0.25) is 4.57 Å². The maximum Gasteiger partial charge on any atom is 0.182 e. The average Bonchev–Trinajstić information content (AvgIpc) is 2.86. The number of H-pyrrole nitrogens is 1. The van der Waals surface area contributed by atoms with Gasteiger partial charge in [0.2, 0.25) is 0 Å². The summed E-state index contributed by atoms with van der Waals surface area (Å²) in [5, 5.41) is 3.96. The zero-order chi connectivity index (χ0) is 12.0. The van der Waals surface area contributed by atoms with Crippen molar-refractivity contribution in [2.75, 3.05) is 0 Å². The van der Waals surface area contributed by atoms with E-state index >= 15 is 0 Å². The normalized spacial score (nSPS) is 11.2. The number of benzene rings is 1. The summed E-state index contributed by atoms with van der Waals surface area (Å²) in [6.07, 6.45) is 0. The quantitative estimate of drug-likeness (QED) is 0.490. The van der Waals surface area contributed by atoms with Gasteiger partial charge in [0.25, 0.3) is 0 Å². The van der Waals surface area contributed by atoms with Crippen LogP contribution in [0.5, 0.6) is 0 Å². The smallest absolute Gasteiger partial charge is 0.182 e. The standard InChI is InChI=1S/C11H6FIN2S2/c12-7-3-10-9(4-8(7)13)14-11(16)15(10)6-1-2-17-5-6/h1-5H,(H,14,16). The summed E-state index contributed by atoms with van der Waals surface area (Å²) in [6, 6.07) is 5.24. The SMILES string of the molecule is Fc1cc2c(cc1I)[nH]c(=S)n2-c1ccsc1. The molecule has 0 fully saturated rings. The van der Waals surface area contributed by atoms with Crippen LogP contribution < -0.4 is 0 Å². The predicted octanol–water partition coefficient (Wildman–Crippen LogP) is 4.49. The van der Waals surface area contributed by atoms with Gasteiger partial charge in [-0.15, -0.1) is 0 Å². The Bertz CT molecular complexity index is 743. The fraction of sp³-hybridized carbons (Fsp3) is 0. The minimum Gasteiger partial charge on any atom is -0.330 e. The third-order valence-electron chi connectivity index (χ3n) is 2.49. The molecule has 3 aromatic rings. The van der Waals surface area contributed by atoms with Gasteiger partial charge in [0.15, 0.2) is 4.77 Å². The molecule has 0 unspecified atom stereocenters. The van der Waals surface area contributed by atoms with Gasteiger partial charge in [-0.2, -0.15) is 11.3 Å². The van der Waals surface area contributed by atoms with Gasteiger partial charge in [0.05, 0.1) is 20.3 Å². The first-order valence-electron chi connectivity index (χ1n) is 4.79. The number of hydrogen-bond donors (Lipinski definition) is 1. The highest BCUT2D eigenvalue weighted by Gasteiger charge is 2.10. The lowest BCUT2D eigenvalue weighted by atomic mass is 10.3. The number of fused-ring (bicyclic) bond motifs is 1. The largest absolute Gasteiger partial charge is 0.330 e. The molecule has 0 amide bonds. The number of aromatic nitrogens is 2. The first kappa shape index (κ1) is 11.4. The Labute approximate surface area is 119 Å². The summed E-state index contributed by atoms with van der Waals surface area (Å²) in [7, 11) is 0. The Morgan fingerprint density at radius 2 is 2.24 bits per heavy atom. The number of hydrogen-bond acceptors (Lipinski definition) is 2. The molecule has 0 aliphatic rings. The number of nitrogens with zero attached hydrogens (tertiary/aromatic N) is 1. The minimum absolute atomic E-state index is 0.226. The minimum atomic E-state index is -0.226. The van der Waals surface area contributed by atoms with E-state index in [1.165, 1.54) is 6.07 Å². The Hall–Kier alpha value is -0.730. The van der Waals surface area contributed by atoms with Crippen LogP contribution >= 0.6 is 46.1 Å². The number of rotatable bonds is 1. The van der Waals surface area contributed by atoms with E-state index in [0.29, 0.717) is 8.34 Å². The Balaban J connectivity index is 2.43. The highest BCUT2D eigenvalue weighted by molar-refractivity contribution is 14.1. The van der Waals surface area contributed by atoms with Crippen molar-refractivity contribution in [3.8, 4) is 5.69 Å². The van der Waals surface area contributed by atoms with E-state index in [4.69, 9.17) is 12.2 Å². The van der Waals surface area contributed by atoms with E-state index in [9.17, 15) is 4.39 Å². The van der Waals surface area contributed by atoms with Crippen molar-refractivity contribution in [3.05, 3.63) is 43.1 Å². The van der Waals surface area contributed by atoms with Crippen molar-refractivity contribution < 1.29 is 4.39 Å². The van der Waals surface area contributed by atoms with Crippen LogP contribution in [-0.2, 0) is 0 Å². The van der Waals surface area contributed by atoms with Crippen LogP contribution in [0, 0.1) is 14.2 Å². The molecule has 0 atom stereocenters. The maximum atomic E-state index is 13.6. The third kappa shape index (κ3) is 1.84. The van der Waals surface area contributed by atoms with E-state index in [1.807, 2.05) is 44.0 Å². The molecule has 6 heteroatoms. The topological polar surface area (TPSA) is 20.7 Å². The first-order valence-corrected chi connectivity index (χ1v) is 7.22. The monoisotopic (exact) mass is 376 g/mol. The molecule has 0 spiro atoms. The predicted molar refractivity (Wildman–Crippen MR) is 79.0 cm³/mol. The molecule has 2 nitrogen and oxygen atoms in total. The molecule has 0 aliphatic carbocycles. The fourth-order valence-electron chi connectivity index (χ4n) is 1.74. The molecular formula is C11H6FIN2S2. The Morgan fingerprint density at radius 3 is 2.94 bits per heavy atom. The van der Waals surface area contributed by atoms with Gasteiger partial charge in [0, 0.05) is 11.4 Å². The van der Waals surface area contributed by atoms with Gasteiger partial charge in [0.1, 0.15) is 5.82 Å². The summed E-state index contributed by atoms with van der Waals surface area (Å²) in [6.45, 7) is 0. The third-order valence-corrected chi connectivity index (χ3v) is 4.27. The molecular weight excluding hydrogens is 370 g/mol. The van der Waals surface area contributed by atoms with Crippen molar-refractivity contribution in [2.45, 2.75) is 0 Å². The highest BCUT2D eigenvalue weighted by atomic mass is 127. The van der Waals surface area contributed by atoms with Gasteiger partial charge in [-0.05, 0) is 52.3 Å². The van der Waals surface area contributed by atoms with E-state index < -0.39 is 0 Å². The van der Waals surface area contributed by atoms with E-state index in [0.717, 1.165) is 16.7 Å². The molecule has 2 aromatic heterocycles. The van der Waals surface area contributed by atoms with Crippen LogP contribution in [-0.4, -0.2) is 9.55 Å². The number of aromatic amines is 1. The van der Waals surface area contributed by atoms with E-state index in [2.05, 4.69) is 4.98 Å². The Kier molecular flexibility index (Phi) is 2.80. The van der Waals surface area contributed by atoms with Crippen molar-refractivity contribution in [2.24, 2.45) is 0 Å². The van der Waals surface area contributed by atoms with Crippen molar-refractivity contribution in [1.29, 1.82) is 0 Å². The second kappa shape index (κ2) is 4.18. The van der Waals surface area contributed by atoms with Crippen LogP contribution in [0.3, 0.4) is 0 Å². The summed E-state index contributed by atoms with van der Waals surface area (Å²) < 4.78 is 16.6. The highest BCUT2D eigenvalue weighted by Crippen LogP contribution is 2.24. The van der Waals surface area contributed by atoms with Crippen LogP contribution in [0.1, 0.15) is 0 Å². The van der Waals surface area contributed by atoms with Gasteiger partial charge in [-0.1, -0.05) is 0 Å². The molecule has 1 aromatic carbocycles. The average molecular weight is 376 g/mol. The van der Waals surface area contributed by atoms with E-state index in [-0.39, 0.29) is 5.82 Å². The molecule has 86 valence electrons. The van der Waals surface area contributed by atoms with Crippen molar-refractivity contribution in [3.63, 3.8) is 0 Å². The van der Waals surface area contributed by atoms with Crippen molar-refractivity contribution >= 4 is 57.2 Å². The number of imidazole rings is 1. The zero-order valence-electron chi connectivity index (χ0n) is 8.41. The summed E-state index contributed by atoms with van der Waals surface area (Å²) in [5.74, 6) is -0.226. The fourth-order valence-corrected chi connectivity index (χ4v) is 3.14. The van der Waals surface area contributed by atoms with Gasteiger partial charge >= 0.3 is 0 Å². The summed E-state index contributed by atoms with van der Waals surface area (Å²) in [4.78, 5) is 3.09. The van der Waals surface area contributed by atoms with Gasteiger partial charge < -0.3 is 4.98 Å². The molecule has 17 heavy (non-hydrogen) atoms. The first-order chi connectivity index (χ1) is 8.16. The van der Waals surface area contributed by atoms with Crippen LogP contribution in [0.25, 0.3) is 16.7 Å². The maximum absolute atomic E-state index is 13.6. The molecule has 1 N–H and O–H groups in total. The molecule has 0 bridgehead atoms. The lowest BCUT2D eigenvalue weighted by molar-refractivity contribution is 0.622. The molecule has 0 saturated carbocycles. The summed E-state index contributed by atoms with van der Waals surface area (Å²) >= 11 is 8.83. The second-order valence-corrected chi connectivity index (χ2v) is 5.86. The second-order valence-electron chi connectivity index (χ2n) is 3.53. The Morgan fingerprint density at radius 1 is 1.41 bits per heavy atom. The van der Waals surface area contributed by atoms with Crippen molar-refractivity contribution in [1.82, 2.24) is 9.55 Å². The number of thiophene rings is 1. The molecule has 3 rings (SSSR count). The van der Waals surface area contributed by atoms with E-state index in [1.54, 1.807) is 17.4 Å². The van der Waals surface area contributed by atoms with Crippen LogP contribution in [0.2, 0.25) is 0 Å². The van der Waals surface area contributed by atoms with Crippen LogP contribution in [0.4, 0.5) is 4.39 Å². The zero-order valence-corrected chi connectivity index (χ0v) is 12.2. The summed E-state index contributed by atoms with van der Waals surface area (Å²) in [5.41, 5.74) is 2.59. The number of halogens is 2. The molecule has 2 heterocycles. The van der Waals surface area contributed by atoms with Gasteiger partial charge in [-0.25, -0.2) is 4.39 Å². The molecule has 0 aliphatic heterocycles. The lowest BCUT2D eigenvalue weighted by Crippen LogP contribution is -1.92. The molecule has 0 radical (unpaired) electrons. The number of nitrogens with one attached hydrogen (secondary N) is 1. The lowest BCUT2D eigenvalue weighted by Gasteiger charge is -2.01. The molecule has 0 saturated heterocycles.